The molecule has 2 heterocycles. The van der Waals surface area contributed by atoms with E-state index >= 15 is 0 Å². The molecule has 1 fully saturated rings. The Labute approximate surface area is 76.3 Å². The van der Waals surface area contributed by atoms with Crippen molar-refractivity contribution >= 4 is 5.95 Å². The zero-order chi connectivity index (χ0) is 9.26. The van der Waals surface area contributed by atoms with Gasteiger partial charge in [-0.3, -0.25) is 0 Å². The van der Waals surface area contributed by atoms with Crippen molar-refractivity contribution in [3.8, 4) is 0 Å². The number of tetrazole rings is 1. The fraction of sp³-hybridized carbons (Fsp3) is 0.857. The first kappa shape index (κ1) is 8.43. The number of hydrogen-bond acceptors (Lipinski definition) is 5. The largest absolute Gasteiger partial charge is 0.375 e. The summed E-state index contributed by atoms with van der Waals surface area (Å²) in [6.45, 7) is 5.70. The Morgan fingerprint density at radius 1 is 1.54 bits per heavy atom. The van der Waals surface area contributed by atoms with Gasteiger partial charge in [-0.1, -0.05) is 5.10 Å². The SMILES string of the molecule is CC1OCCN(c2nn[nH]n2)C1C. The Kier molecular flexibility index (Phi) is 2.13. The topological polar surface area (TPSA) is 66.9 Å². The van der Waals surface area contributed by atoms with Gasteiger partial charge in [0.05, 0.1) is 18.8 Å². The van der Waals surface area contributed by atoms with Gasteiger partial charge in [0.25, 0.3) is 5.95 Å². The van der Waals surface area contributed by atoms with Gasteiger partial charge in [-0.2, -0.15) is 5.21 Å². The first-order chi connectivity index (χ1) is 6.29. The molecule has 0 aromatic carbocycles. The Morgan fingerprint density at radius 3 is 3.08 bits per heavy atom. The van der Waals surface area contributed by atoms with Crippen molar-refractivity contribution in [2.24, 2.45) is 0 Å². The number of ether oxygens (including phenoxy) is 1. The number of nitrogens with zero attached hydrogens (tertiary/aromatic N) is 4. The number of rotatable bonds is 1. The molecule has 2 atom stereocenters. The highest BCUT2D eigenvalue weighted by atomic mass is 16.5. The standard InChI is InChI=1S/C7H13N5O/c1-5-6(2)13-4-3-12(5)7-8-10-11-9-7/h5-6H,3-4H2,1-2H3,(H,8,9,10,11). The third-order valence-electron chi connectivity index (χ3n) is 2.47. The van der Waals surface area contributed by atoms with E-state index in [0.29, 0.717) is 12.0 Å². The van der Waals surface area contributed by atoms with E-state index < -0.39 is 0 Å². The van der Waals surface area contributed by atoms with Crippen molar-refractivity contribution < 1.29 is 4.74 Å². The van der Waals surface area contributed by atoms with E-state index in [9.17, 15) is 0 Å². The lowest BCUT2D eigenvalue weighted by atomic mass is 10.1. The van der Waals surface area contributed by atoms with E-state index in [1.165, 1.54) is 0 Å². The first-order valence-corrected chi connectivity index (χ1v) is 4.40. The highest BCUT2D eigenvalue weighted by Gasteiger charge is 2.27. The van der Waals surface area contributed by atoms with Crippen LogP contribution in [0.2, 0.25) is 0 Å². The van der Waals surface area contributed by atoms with Crippen LogP contribution in [0.25, 0.3) is 0 Å². The van der Waals surface area contributed by atoms with Gasteiger partial charge in [0, 0.05) is 6.54 Å². The van der Waals surface area contributed by atoms with E-state index in [1.54, 1.807) is 0 Å². The number of aromatic nitrogens is 4. The molecule has 1 aliphatic heterocycles. The lowest BCUT2D eigenvalue weighted by Crippen LogP contribution is -2.49. The number of hydrogen-bond donors (Lipinski definition) is 1. The molecule has 6 nitrogen and oxygen atoms in total. The quantitative estimate of drug-likeness (QED) is 0.653. The van der Waals surface area contributed by atoms with Gasteiger partial charge in [0.15, 0.2) is 0 Å². The summed E-state index contributed by atoms with van der Waals surface area (Å²) >= 11 is 0. The van der Waals surface area contributed by atoms with Gasteiger partial charge >= 0.3 is 0 Å². The zero-order valence-electron chi connectivity index (χ0n) is 7.77. The lowest BCUT2D eigenvalue weighted by molar-refractivity contribution is 0.0278. The number of aromatic amines is 1. The third-order valence-corrected chi connectivity index (χ3v) is 2.47. The normalized spacial score (nSPS) is 29.2. The summed E-state index contributed by atoms with van der Waals surface area (Å²) in [6.07, 6.45) is 0.215. The highest BCUT2D eigenvalue weighted by molar-refractivity contribution is 5.29. The molecule has 6 heteroatoms. The van der Waals surface area contributed by atoms with Gasteiger partial charge in [0.2, 0.25) is 0 Å². The number of nitrogens with one attached hydrogen (secondary N) is 1. The Morgan fingerprint density at radius 2 is 2.38 bits per heavy atom. The summed E-state index contributed by atoms with van der Waals surface area (Å²) in [5, 5.41) is 13.9. The minimum absolute atomic E-state index is 0.215. The molecule has 0 aliphatic carbocycles. The molecule has 1 N–H and O–H groups in total. The van der Waals surface area contributed by atoms with Crippen molar-refractivity contribution in [3.63, 3.8) is 0 Å². The van der Waals surface area contributed by atoms with Gasteiger partial charge in [-0.05, 0) is 19.1 Å². The van der Waals surface area contributed by atoms with Crippen LogP contribution in [-0.4, -0.2) is 45.9 Å². The van der Waals surface area contributed by atoms with Crippen LogP contribution in [0.4, 0.5) is 5.95 Å². The Hall–Kier alpha value is -1.17. The van der Waals surface area contributed by atoms with Gasteiger partial charge in [0.1, 0.15) is 0 Å². The van der Waals surface area contributed by atoms with Crippen molar-refractivity contribution in [2.75, 3.05) is 18.1 Å². The van der Waals surface area contributed by atoms with Gasteiger partial charge in [-0.25, -0.2) is 0 Å². The molecule has 1 aromatic heterocycles. The monoisotopic (exact) mass is 183 g/mol. The van der Waals surface area contributed by atoms with Crippen LogP contribution in [0.15, 0.2) is 0 Å². The molecule has 72 valence electrons. The molecule has 1 saturated heterocycles. The van der Waals surface area contributed by atoms with Gasteiger partial charge < -0.3 is 9.64 Å². The van der Waals surface area contributed by atoms with E-state index in [0.717, 1.165) is 13.2 Å². The van der Waals surface area contributed by atoms with Crippen LogP contribution < -0.4 is 4.90 Å². The molecule has 2 unspecified atom stereocenters. The first-order valence-electron chi connectivity index (χ1n) is 4.40. The maximum absolute atomic E-state index is 5.49. The summed E-state index contributed by atoms with van der Waals surface area (Å²) in [6, 6.07) is 0.298. The number of anilines is 1. The van der Waals surface area contributed by atoms with Crippen LogP contribution >= 0.6 is 0 Å². The van der Waals surface area contributed by atoms with Gasteiger partial charge in [-0.15, -0.1) is 5.10 Å². The van der Waals surface area contributed by atoms with E-state index in [1.807, 2.05) is 0 Å². The second-order valence-electron chi connectivity index (χ2n) is 3.22. The molecule has 13 heavy (non-hydrogen) atoms. The smallest absolute Gasteiger partial charge is 0.266 e. The summed E-state index contributed by atoms with van der Waals surface area (Å²) in [5.41, 5.74) is 0. The Balaban J connectivity index is 2.14. The average molecular weight is 183 g/mol. The Bertz CT molecular complexity index is 262. The lowest BCUT2D eigenvalue weighted by Gasteiger charge is -2.36. The second-order valence-corrected chi connectivity index (χ2v) is 3.22. The van der Waals surface area contributed by atoms with E-state index in [4.69, 9.17) is 4.74 Å². The summed E-state index contributed by atoms with van der Waals surface area (Å²) in [5.74, 6) is 0.655. The van der Waals surface area contributed by atoms with Crippen LogP contribution in [0.5, 0.6) is 0 Å². The summed E-state index contributed by atoms with van der Waals surface area (Å²) < 4.78 is 5.49. The second kappa shape index (κ2) is 3.29. The average Bonchev–Trinajstić information content (AvgIpc) is 2.62. The van der Waals surface area contributed by atoms with Crippen molar-refractivity contribution in [1.82, 2.24) is 20.6 Å². The molecule has 2 rings (SSSR count). The fourth-order valence-corrected chi connectivity index (χ4v) is 1.49. The predicted octanol–water partition coefficient (Wildman–Crippen LogP) is -0.187. The minimum Gasteiger partial charge on any atom is -0.375 e. The summed E-state index contributed by atoms with van der Waals surface area (Å²) in [4.78, 5) is 2.09. The molecule has 1 aliphatic rings. The molecule has 0 bridgehead atoms. The van der Waals surface area contributed by atoms with Crippen molar-refractivity contribution in [1.29, 1.82) is 0 Å². The van der Waals surface area contributed by atoms with E-state index in [2.05, 4.69) is 39.4 Å². The zero-order valence-corrected chi connectivity index (χ0v) is 7.77. The molecular weight excluding hydrogens is 170 g/mol. The molecular formula is C7H13N5O. The molecule has 0 spiro atoms. The maximum Gasteiger partial charge on any atom is 0.266 e. The fourth-order valence-electron chi connectivity index (χ4n) is 1.49. The van der Waals surface area contributed by atoms with Crippen LogP contribution in [-0.2, 0) is 4.74 Å². The number of H-pyrrole nitrogens is 1. The molecule has 1 aromatic rings. The van der Waals surface area contributed by atoms with Crippen molar-refractivity contribution in [2.45, 2.75) is 26.0 Å². The van der Waals surface area contributed by atoms with Crippen LogP contribution in [0.3, 0.4) is 0 Å². The van der Waals surface area contributed by atoms with Crippen LogP contribution in [0, 0.1) is 0 Å². The summed E-state index contributed by atoms with van der Waals surface area (Å²) in [7, 11) is 0. The molecule has 0 amide bonds. The molecule has 0 saturated carbocycles. The minimum atomic E-state index is 0.215. The molecule has 0 radical (unpaired) electrons. The van der Waals surface area contributed by atoms with Crippen LogP contribution in [0.1, 0.15) is 13.8 Å². The highest BCUT2D eigenvalue weighted by Crippen LogP contribution is 2.17. The third kappa shape index (κ3) is 1.49. The maximum atomic E-state index is 5.49. The van der Waals surface area contributed by atoms with Crippen molar-refractivity contribution in [3.05, 3.63) is 0 Å². The number of morpholine rings is 1. The predicted molar refractivity (Wildman–Crippen MR) is 46.4 cm³/mol. The van der Waals surface area contributed by atoms with E-state index in [-0.39, 0.29) is 6.10 Å².